The van der Waals surface area contributed by atoms with Crippen LogP contribution in [0, 0.1) is 0 Å². The molecule has 0 fully saturated rings. The summed E-state index contributed by atoms with van der Waals surface area (Å²) in [5.74, 6) is 0.147. The SMILES string of the molecule is CCOC(=O)CC=Cc1ccc(Cl)c(CCl)c1. The van der Waals surface area contributed by atoms with Gasteiger partial charge in [0.2, 0.25) is 0 Å². The van der Waals surface area contributed by atoms with Crippen molar-refractivity contribution in [2.24, 2.45) is 0 Å². The Morgan fingerprint density at radius 3 is 2.88 bits per heavy atom. The predicted molar refractivity (Wildman–Crippen MR) is 71.3 cm³/mol. The first-order valence-electron chi connectivity index (χ1n) is 5.34. The third-order valence-electron chi connectivity index (χ3n) is 2.11. The van der Waals surface area contributed by atoms with Gasteiger partial charge in [-0.1, -0.05) is 29.8 Å². The second-order valence-corrected chi connectivity index (χ2v) is 4.07. The highest BCUT2D eigenvalue weighted by Crippen LogP contribution is 2.20. The van der Waals surface area contributed by atoms with Crippen molar-refractivity contribution in [3.63, 3.8) is 0 Å². The summed E-state index contributed by atoms with van der Waals surface area (Å²) in [5, 5.41) is 0.655. The van der Waals surface area contributed by atoms with Crippen molar-refractivity contribution in [1.82, 2.24) is 0 Å². The van der Waals surface area contributed by atoms with E-state index in [0.717, 1.165) is 11.1 Å². The first kappa shape index (κ1) is 14.1. The molecule has 2 nitrogen and oxygen atoms in total. The van der Waals surface area contributed by atoms with Gasteiger partial charge in [-0.3, -0.25) is 4.79 Å². The third-order valence-corrected chi connectivity index (χ3v) is 2.77. The van der Waals surface area contributed by atoms with Gasteiger partial charge in [0.05, 0.1) is 13.0 Å². The molecular formula is C13H14Cl2O2. The van der Waals surface area contributed by atoms with E-state index in [1.54, 1.807) is 19.1 Å². The van der Waals surface area contributed by atoms with Gasteiger partial charge < -0.3 is 4.74 Å². The molecule has 0 bridgehead atoms. The van der Waals surface area contributed by atoms with E-state index < -0.39 is 0 Å². The summed E-state index contributed by atoms with van der Waals surface area (Å²) >= 11 is 11.7. The minimum atomic E-state index is -0.227. The second-order valence-electron chi connectivity index (χ2n) is 3.40. The number of hydrogen-bond acceptors (Lipinski definition) is 2. The molecule has 0 heterocycles. The molecule has 17 heavy (non-hydrogen) atoms. The maximum absolute atomic E-state index is 11.1. The standard InChI is InChI=1S/C13H14Cl2O2/c1-2-17-13(16)5-3-4-10-6-7-12(15)11(8-10)9-14/h3-4,6-8H,2,5,9H2,1H3. The van der Waals surface area contributed by atoms with Crippen LogP contribution in [0.4, 0.5) is 0 Å². The van der Waals surface area contributed by atoms with Gasteiger partial charge >= 0.3 is 5.97 Å². The Morgan fingerprint density at radius 1 is 1.47 bits per heavy atom. The molecule has 0 unspecified atom stereocenters. The topological polar surface area (TPSA) is 26.3 Å². The van der Waals surface area contributed by atoms with Crippen molar-refractivity contribution < 1.29 is 9.53 Å². The molecule has 0 radical (unpaired) electrons. The summed E-state index contributed by atoms with van der Waals surface area (Å²) in [6.07, 6.45) is 3.88. The van der Waals surface area contributed by atoms with Crippen molar-refractivity contribution in [2.45, 2.75) is 19.2 Å². The summed E-state index contributed by atoms with van der Waals surface area (Å²) in [5.41, 5.74) is 1.85. The Labute approximate surface area is 111 Å². The van der Waals surface area contributed by atoms with Crippen LogP contribution >= 0.6 is 23.2 Å². The lowest BCUT2D eigenvalue weighted by molar-refractivity contribution is -0.142. The van der Waals surface area contributed by atoms with Gasteiger partial charge in [0.1, 0.15) is 0 Å². The van der Waals surface area contributed by atoms with Crippen molar-refractivity contribution in [3.05, 3.63) is 40.4 Å². The Hall–Kier alpha value is -0.990. The lowest BCUT2D eigenvalue weighted by atomic mass is 10.1. The first-order chi connectivity index (χ1) is 8.17. The molecule has 4 heteroatoms. The summed E-state index contributed by atoms with van der Waals surface area (Å²) in [7, 11) is 0. The number of alkyl halides is 1. The van der Waals surface area contributed by atoms with Gasteiger partial charge in [0.15, 0.2) is 0 Å². The van der Waals surface area contributed by atoms with E-state index >= 15 is 0 Å². The Balaban J connectivity index is 2.62. The number of halogens is 2. The largest absolute Gasteiger partial charge is 0.466 e. The smallest absolute Gasteiger partial charge is 0.309 e. The normalized spacial score (nSPS) is 10.8. The Morgan fingerprint density at radius 2 is 2.24 bits per heavy atom. The fraction of sp³-hybridized carbons (Fsp3) is 0.308. The van der Waals surface area contributed by atoms with E-state index in [9.17, 15) is 4.79 Å². The molecule has 0 saturated carbocycles. The van der Waals surface area contributed by atoms with E-state index in [0.29, 0.717) is 17.5 Å². The minimum Gasteiger partial charge on any atom is -0.466 e. The van der Waals surface area contributed by atoms with Crippen LogP contribution in [0.5, 0.6) is 0 Å². The fourth-order valence-corrected chi connectivity index (χ4v) is 1.79. The summed E-state index contributed by atoms with van der Waals surface area (Å²) < 4.78 is 4.81. The molecule has 0 aliphatic heterocycles. The molecule has 1 aromatic rings. The second kappa shape index (κ2) is 7.36. The molecule has 0 atom stereocenters. The van der Waals surface area contributed by atoms with Crippen molar-refractivity contribution in [1.29, 1.82) is 0 Å². The van der Waals surface area contributed by atoms with Crippen LogP contribution in [0.25, 0.3) is 6.08 Å². The zero-order valence-corrected chi connectivity index (χ0v) is 11.1. The van der Waals surface area contributed by atoms with Gasteiger partial charge in [-0.2, -0.15) is 0 Å². The van der Waals surface area contributed by atoms with Crippen molar-refractivity contribution in [2.75, 3.05) is 6.61 Å². The molecule has 1 aromatic carbocycles. The molecule has 0 N–H and O–H groups in total. The molecule has 0 aliphatic rings. The molecule has 0 saturated heterocycles. The number of ether oxygens (including phenoxy) is 1. The van der Waals surface area contributed by atoms with Crippen LogP contribution < -0.4 is 0 Å². The highest BCUT2D eigenvalue weighted by atomic mass is 35.5. The Kier molecular flexibility index (Phi) is 6.09. The number of carbonyl (C=O) groups is 1. The number of carbonyl (C=O) groups excluding carboxylic acids is 1. The van der Waals surface area contributed by atoms with Crippen LogP contribution in [0.3, 0.4) is 0 Å². The predicted octanol–water partition coefficient (Wildman–Crippen LogP) is 4.05. The summed E-state index contributed by atoms with van der Waals surface area (Å²) in [6.45, 7) is 2.19. The molecular weight excluding hydrogens is 259 g/mol. The van der Waals surface area contributed by atoms with Crippen molar-refractivity contribution in [3.8, 4) is 0 Å². The van der Waals surface area contributed by atoms with Crippen LogP contribution in [-0.4, -0.2) is 12.6 Å². The zero-order valence-electron chi connectivity index (χ0n) is 9.58. The van der Waals surface area contributed by atoms with E-state index in [1.807, 2.05) is 18.2 Å². The first-order valence-corrected chi connectivity index (χ1v) is 6.25. The van der Waals surface area contributed by atoms with Crippen LogP contribution in [0.15, 0.2) is 24.3 Å². The summed E-state index contributed by atoms with van der Waals surface area (Å²) in [4.78, 5) is 11.1. The van der Waals surface area contributed by atoms with Gasteiger partial charge in [0.25, 0.3) is 0 Å². The highest BCUT2D eigenvalue weighted by Gasteiger charge is 2.00. The van der Waals surface area contributed by atoms with E-state index in [-0.39, 0.29) is 12.4 Å². The minimum absolute atomic E-state index is 0.227. The quantitative estimate of drug-likeness (QED) is 0.597. The lowest BCUT2D eigenvalue weighted by Crippen LogP contribution is -2.01. The lowest BCUT2D eigenvalue weighted by Gasteiger charge is -2.01. The number of esters is 1. The number of hydrogen-bond donors (Lipinski definition) is 0. The third kappa shape index (κ3) is 4.80. The van der Waals surface area contributed by atoms with Gasteiger partial charge in [-0.15, -0.1) is 11.6 Å². The molecule has 92 valence electrons. The Bertz CT molecular complexity index is 414. The van der Waals surface area contributed by atoms with Crippen LogP contribution in [-0.2, 0) is 15.4 Å². The molecule has 1 rings (SSSR count). The van der Waals surface area contributed by atoms with E-state index in [1.165, 1.54) is 0 Å². The maximum Gasteiger partial charge on any atom is 0.309 e. The van der Waals surface area contributed by atoms with Gasteiger partial charge in [-0.05, 0) is 30.2 Å². The average molecular weight is 273 g/mol. The molecule has 0 aromatic heterocycles. The summed E-state index contributed by atoms with van der Waals surface area (Å²) in [6, 6.07) is 5.57. The number of benzene rings is 1. The van der Waals surface area contributed by atoms with E-state index in [2.05, 4.69) is 0 Å². The average Bonchev–Trinajstić information content (AvgIpc) is 2.31. The van der Waals surface area contributed by atoms with Crippen molar-refractivity contribution >= 4 is 35.2 Å². The highest BCUT2D eigenvalue weighted by molar-refractivity contribution is 6.32. The van der Waals surface area contributed by atoms with Gasteiger partial charge in [-0.25, -0.2) is 0 Å². The zero-order chi connectivity index (χ0) is 12.7. The maximum atomic E-state index is 11.1. The fourth-order valence-electron chi connectivity index (χ4n) is 1.31. The van der Waals surface area contributed by atoms with Crippen LogP contribution in [0.1, 0.15) is 24.5 Å². The van der Waals surface area contributed by atoms with Crippen LogP contribution in [0.2, 0.25) is 5.02 Å². The number of rotatable bonds is 5. The molecule has 0 aliphatic carbocycles. The monoisotopic (exact) mass is 272 g/mol. The molecule has 0 spiro atoms. The molecule has 0 amide bonds. The van der Waals surface area contributed by atoms with E-state index in [4.69, 9.17) is 27.9 Å². The van der Waals surface area contributed by atoms with Gasteiger partial charge in [0, 0.05) is 10.9 Å².